The van der Waals surface area contributed by atoms with E-state index in [0.717, 1.165) is 42.2 Å². The minimum atomic E-state index is -0.177. The molecule has 0 spiro atoms. The summed E-state index contributed by atoms with van der Waals surface area (Å²) in [6, 6.07) is 4.70. The lowest BCUT2D eigenvalue weighted by Gasteiger charge is -2.16. The van der Waals surface area contributed by atoms with Gasteiger partial charge in [-0.3, -0.25) is 14.3 Å². The molecule has 1 atom stereocenters. The molecule has 7 heteroatoms. The Balaban J connectivity index is 1.50. The zero-order valence-corrected chi connectivity index (χ0v) is 15.2. The number of hydrogen-bond acceptors (Lipinski definition) is 5. The minimum absolute atomic E-state index is 0.102. The second kappa shape index (κ2) is 7.15. The summed E-state index contributed by atoms with van der Waals surface area (Å²) in [4.78, 5) is 16.7. The quantitative estimate of drug-likeness (QED) is 0.804. The number of carbonyl (C=O) groups is 1. The number of thioether (sulfide) groups is 1. The van der Waals surface area contributed by atoms with Crippen molar-refractivity contribution in [2.45, 2.75) is 67.9 Å². The Morgan fingerprint density at radius 3 is 2.76 bits per heavy atom. The first-order valence-corrected chi connectivity index (χ1v) is 9.92. The van der Waals surface area contributed by atoms with Gasteiger partial charge in [0.1, 0.15) is 0 Å². The standard InChI is InChI=1S/C18H23N5OS/c1-12(17(24)20-14-6-2-3-7-14)25-18-22-21-16(23(18)15-8-9-15)13-5-4-10-19-11-13/h4-5,10-12,14-15H,2-3,6-9H2,1H3,(H,20,24)/t12-/m1/s1. The third-order valence-corrected chi connectivity index (χ3v) is 5.91. The highest BCUT2D eigenvalue weighted by atomic mass is 32.2. The second-order valence-electron chi connectivity index (χ2n) is 6.90. The molecule has 2 aliphatic rings. The van der Waals surface area contributed by atoms with Gasteiger partial charge in [0.2, 0.25) is 5.91 Å². The molecule has 132 valence electrons. The lowest BCUT2D eigenvalue weighted by atomic mass is 10.2. The smallest absolute Gasteiger partial charge is 0.233 e. The summed E-state index contributed by atoms with van der Waals surface area (Å²) < 4.78 is 2.18. The average molecular weight is 357 g/mol. The molecule has 0 unspecified atom stereocenters. The Morgan fingerprint density at radius 1 is 1.28 bits per heavy atom. The van der Waals surface area contributed by atoms with E-state index in [9.17, 15) is 4.79 Å². The van der Waals surface area contributed by atoms with Crippen LogP contribution in [0.4, 0.5) is 0 Å². The van der Waals surface area contributed by atoms with Gasteiger partial charge in [0.05, 0.1) is 5.25 Å². The maximum Gasteiger partial charge on any atom is 0.233 e. The molecule has 2 aromatic heterocycles. The van der Waals surface area contributed by atoms with Gasteiger partial charge in [-0.25, -0.2) is 0 Å². The summed E-state index contributed by atoms with van der Waals surface area (Å²) in [5, 5.41) is 12.6. The molecule has 2 aliphatic carbocycles. The minimum Gasteiger partial charge on any atom is -0.352 e. The van der Waals surface area contributed by atoms with Gasteiger partial charge in [0, 0.05) is 30.0 Å². The van der Waals surface area contributed by atoms with E-state index in [0.29, 0.717) is 12.1 Å². The van der Waals surface area contributed by atoms with Gasteiger partial charge in [0.15, 0.2) is 11.0 Å². The van der Waals surface area contributed by atoms with Crippen LogP contribution in [0.1, 0.15) is 51.5 Å². The number of hydrogen-bond donors (Lipinski definition) is 1. The Labute approximate surface area is 151 Å². The SMILES string of the molecule is C[C@@H](Sc1nnc(-c2cccnc2)n1C1CC1)C(=O)NC1CCCC1. The molecular formula is C18H23N5OS. The number of rotatable bonds is 6. The van der Waals surface area contributed by atoms with Gasteiger partial charge in [-0.05, 0) is 44.7 Å². The molecule has 0 aromatic carbocycles. The number of nitrogens with one attached hydrogen (secondary N) is 1. The largest absolute Gasteiger partial charge is 0.352 e. The van der Waals surface area contributed by atoms with Crippen LogP contribution in [0.3, 0.4) is 0 Å². The van der Waals surface area contributed by atoms with Crippen LogP contribution in [0.25, 0.3) is 11.4 Å². The molecule has 0 radical (unpaired) electrons. The summed E-state index contributed by atoms with van der Waals surface area (Å²) >= 11 is 1.50. The Bertz CT molecular complexity index is 737. The number of nitrogens with zero attached hydrogens (tertiary/aromatic N) is 4. The molecule has 0 aliphatic heterocycles. The van der Waals surface area contributed by atoms with Crippen molar-refractivity contribution < 1.29 is 4.79 Å². The number of carbonyl (C=O) groups excluding carboxylic acids is 1. The van der Waals surface area contributed by atoms with Gasteiger partial charge in [-0.1, -0.05) is 24.6 Å². The maximum absolute atomic E-state index is 12.5. The van der Waals surface area contributed by atoms with Crippen LogP contribution in [0, 0.1) is 0 Å². The average Bonchev–Trinajstić information content (AvgIpc) is 3.17. The van der Waals surface area contributed by atoms with E-state index in [1.807, 2.05) is 25.3 Å². The molecule has 0 bridgehead atoms. The first-order chi connectivity index (χ1) is 12.2. The molecule has 2 saturated carbocycles. The van der Waals surface area contributed by atoms with Gasteiger partial charge in [-0.15, -0.1) is 10.2 Å². The van der Waals surface area contributed by atoms with Crippen LogP contribution >= 0.6 is 11.8 Å². The maximum atomic E-state index is 12.5. The molecule has 1 amide bonds. The zero-order chi connectivity index (χ0) is 17.2. The van der Waals surface area contributed by atoms with Crippen LogP contribution in [0.2, 0.25) is 0 Å². The summed E-state index contributed by atoms with van der Waals surface area (Å²) in [6.07, 6.45) is 10.5. The fourth-order valence-electron chi connectivity index (χ4n) is 3.31. The third kappa shape index (κ3) is 3.71. The summed E-state index contributed by atoms with van der Waals surface area (Å²) in [7, 11) is 0. The summed E-state index contributed by atoms with van der Waals surface area (Å²) in [6.45, 7) is 1.95. The third-order valence-electron chi connectivity index (χ3n) is 4.85. The van der Waals surface area contributed by atoms with E-state index in [1.54, 1.807) is 6.20 Å². The van der Waals surface area contributed by atoms with E-state index in [1.165, 1.54) is 24.6 Å². The Kier molecular flexibility index (Phi) is 4.74. The van der Waals surface area contributed by atoms with E-state index >= 15 is 0 Å². The zero-order valence-electron chi connectivity index (χ0n) is 14.4. The molecule has 0 saturated heterocycles. The molecule has 1 N–H and O–H groups in total. The van der Waals surface area contributed by atoms with Crippen LogP contribution in [-0.4, -0.2) is 36.9 Å². The molecule has 2 heterocycles. The van der Waals surface area contributed by atoms with Gasteiger partial charge < -0.3 is 5.32 Å². The van der Waals surface area contributed by atoms with Gasteiger partial charge in [0.25, 0.3) is 0 Å². The molecule has 6 nitrogen and oxygen atoms in total. The molecule has 25 heavy (non-hydrogen) atoms. The van der Waals surface area contributed by atoms with Crippen molar-refractivity contribution in [2.24, 2.45) is 0 Å². The number of pyridine rings is 1. The monoisotopic (exact) mass is 357 g/mol. The van der Waals surface area contributed by atoms with E-state index in [4.69, 9.17) is 0 Å². The van der Waals surface area contributed by atoms with Crippen molar-refractivity contribution in [3.8, 4) is 11.4 Å². The van der Waals surface area contributed by atoms with Crippen LogP contribution in [-0.2, 0) is 4.79 Å². The Morgan fingerprint density at radius 2 is 2.08 bits per heavy atom. The van der Waals surface area contributed by atoms with Gasteiger partial charge in [-0.2, -0.15) is 0 Å². The second-order valence-corrected chi connectivity index (χ2v) is 8.21. The molecule has 4 rings (SSSR count). The predicted octanol–water partition coefficient (Wildman–Crippen LogP) is 3.21. The van der Waals surface area contributed by atoms with E-state index in [-0.39, 0.29) is 11.2 Å². The van der Waals surface area contributed by atoms with Crippen molar-refractivity contribution in [3.63, 3.8) is 0 Å². The number of amides is 1. The van der Waals surface area contributed by atoms with Crippen molar-refractivity contribution >= 4 is 17.7 Å². The Hall–Kier alpha value is -1.89. The molecule has 2 aromatic rings. The highest BCUT2D eigenvalue weighted by Gasteiger charge is 2.32. The van der Waals surface area contributed by atoms with Gasteiger partial charge >= 0.3 is 0 Å². The predicted molar refractivity (Wildman–Crippen MR) is 97.2 cm³/mol. The van der Waals surface area contributed by atoms with Crippen molar-refractivity contribution in [1.82, 2.24) is 25.1 Å². The topological polar surface area (TPSA) is 72.7 Å². The van der Waals surface area contributed by atoms with E-state index in [2.05, 4.69) is 25.1 Å². The van der Waals surface area contributed by atoms with E-state index < -0.39 is 0 Å². The lowest BCUT2D eigenvalue weighted by molar-refractivity contribution is -0.120. The fraction of sp³-hybridized carbons (Fsp3) is 0.556. The highest BCUT2D eigenvalue weighted by Crippen LogP contribution is 2.41. The van der Waals surface area contributed by atoms with Crippen LogP contribution < -0.4 is 5.32 Å². The molecular weight excluding hydrogens is 334 g/mol. The summed E-state index contributed by atoms with van der Waals surface area (Å²) in [5.74, 6) is 0.951. The van der Waals surface area contributed by atoms with Crippen molar-refractivity contribution in [3.05, 3.63) is 24.5 Å². The first kappa shape index (κ1) is 16.6. The summed E-state index contributed by atoms with van der Waals surface area (Å²) in [5.41, 5.74) is 0.969. The normalized spacial score (nSPS) is 19.1. The van der Waals surface area contributed by atoms with Crippen LogP contribution in [0.15, 0.2) is 29.7 Å². The van der Waals surface area contributed by atoms with Crippen molar-refractivity contribution in [2.75, 3.05) is 0 Å². The number of aromatic nitrogens is 4. The fourth-order valence-corrected chi connectivity index (χ4v) is 4.24. The van der Waals surface area contributed by atoms with Crippen molar-refractivity contribution in [1.29, 1.82) is 0 Å². The molecule has 2 fully saturated rings. The lowest BCUT2D eigenvalue weighted by Crippen LogP contribution is -2.37. The van der Waals surface area contributed by atoms with Crippen LogP contribution in [0.5, 0.6) is 0 Å². The highest BCUT2D eigenvalue weighted by molar-refractivity contribution is 8.00. The first-order valence-electron chi connectivity index (χ1n) is 9.04.